The van der Waals surface area contributed by atoms with Crippen molar-refractivity contribution < 1.29 is 13.2 Å². The van der Waals surface area contributed by atoms with Gasteiger partial charge < -0.3 is 16.0 Å². The van der Waals surface area contributed by atoms with Gasteiger partial charge in [0.1, 0.15) is 0 Å². The first-order valence-corrected chi connectivity index (χ1v) is 10.7. The number of amides is 1. The van der Waals surface area contributed by atoms with Gasteiger partial charge in [0.05, 0.1) is 12.3 Å². The first kappa shape index (κ1) is 24.7. The summed E-state index contributed by atoms with van der Waals surface area (Å²) in [5.41, 5.74) is -0.295. The van der Waals surface area contributed by atoms with Crippen LogP contribution in [0.2, 0.25) is 0 Å². The Morgan fingerprint density at radius 3 is 2.32 bits per heavy atom. The summed E-state index contributed by atoms with van der Waals surface area (Å²) in [5.74, 6) is 1.96. The lowest BCUT2D eigenvalue weighted by Gasteiger charge is -2.25. The van der Waals surface area contributed by atoms with Gasteiger partial charge in [-0.1, -0.05) is 0 Å². The Balaban J connectivity index is 0.00000576. The Morgan fingerprint density at radius 1 is 1.20 bits per heavy atom. The molecule has 11 heteroatoms. The highest BCUT2D eigenvalue weighted by Gasteiger charge is 2.23. The van der Waals surface area contributed by atoms with Crippen molar-refractivity contribution in [3.05, 3.63) is 0 Å². The lowest BCUT2D eigenvalue weighted by molar-refractivity contribution is -0.121. The highest BCUT2D eigenvalue weighted by Crippen LogP contribution is 2.12. The summed E-state index contributed by atoms with van der Waals surface area (Å²) >= 11 is 1.77. The van der Waals surface area contributed by atoms with E-state index in [2.05, 4.69) is 20.9 Å². The monoisotopic (exact) mass is 507 g/mol. The van der Waals surface area contributed by atoms with Crippen LogP contribution in [0.25, 0.3) is 0 Å². The Labute approximate surface area is 172 Å². The molecule has 3 N–H and O–H groups in total. The molecule has 148 valence electrons. The average Bonchev–Trinajstić information content (AvgIpc) is 2.49. The van der Waals surface area contributed by atoms with E-state index in [1.807, 2.05) is 20.8 Å². The van der Waals surface area contributed by atoms with Gasteiger partial charge in [0, 0.05) is 43.7 Å². The number of hydrogen-bond acceptors (Lipinski definition) is 5. The van der Waals surface area contributed by atoms with Crippen LogP contribution in [-0.2, 0) is 14.8 Å². The number of sulfonamides is 1. The second-order valence-electron chi connectivity index (χ2n) is 6.48. The number of aliphatic imine (C=N–C) groups is 1. The molecule has 1 heterocycles. The normalized spacial score (nSPS) is 16.7. The molecule has 0 saturated carbocycles. The van der Waals surface area contributed by atoms with Gasteiger partial charge in [-0.25, -0.2) is 12.7 Å². The maximum absolute atomic E-state index is 12.2. The predicted molar refractivity (Wildman–Crippen MR) is 115 cm³/mol. The number of halogens is 1. The summed E-state index contributed by atoms with van der Waals surface area (Å²) in [4.78, 5) is 15.7. The van der Waals surface area contributed by atoms with E-state index in [4.69, 9.17) is 0 Å². The summed E-state index contributed by atoms with van der Waals surface area (Å²) in [6.45, 7) is 7.19. The van der Waals surface area contributed by atoms with Crippen molar-refractivity contribution in [2.24, 2.45) is 4.99 Å². The van der Waals surface area contributed by atoms with Crippen molar-refractivity contribution in [3.8, 4) is 0 Å². The number of carbonyl (C=O) groups is 1. The van der Waals surface area contributed by atoms with Crippen molar-refractivity contribution in [3.63, 3.8) is 0 Å². The molecule has 25 heavy (non-hydrogen) atoms. The molecule has 0 aromatic rings. The molecule has 0 aromatic carbocycles. The first-order valence-electron chi connectivity index (χ1n) is 7.95. The summed E-state index contributed by atoms with van der Waals surface area (Å²) in [6.07, 6.45) is 0. The van der Waals surface area contributed by atoms with E-state index in [1.165, 1.54) is 4.31 Å². The molecule has 8 nitrogen and oxygen atoms in total. The van der Waals surface area contributed by atoms with Crippen molar-refractivity contribution >= 4 is 57.6 Å². The summed E-state index contributed by atoms with van der Waals surface area (Å²) in [7, 11) is -1.67. The second kappa shape index (κ2) is 11.4. The van der Waals surface area contributed by atoms with Crippen LogP contribution in [0.3, 0.4) is 0 Å². The molecule has 1 amide bonds. The van der Waals surface area contributed by atoms with Gasteiger partial charge in [0.2, 0.25) is 15.9 Å². The average molecular weight is 507 g/mol. The lowest BCUT2D eigenvalue weighted by atomic mass is 10.1. The molecular formula is C14H30IN5O3S2. The predicted octanol–water partition coefficient (Wildman–Crippen LogP) is 0.0627. The Kier molecular flexibility index (Phi) is 11.3. The minimum Gasteiger partial charge on any atom is -0.355 e. The van der Waals surface area contributed by atoms with Gasteiger partial charge in [0.25, 0.3) is 0 Å². The van der Waals surface area contributed by atoms with Crippen LogP contribution in [0.1, 0.15) is 20.8 Å². The number of rotatable bonds is 6. The van der Waals surface area contributed by atoms with Crippen molar-refractivity contribution in [2.45, 2.75) is 26.3 Å². The third kappa shape index (κ3) is 10.5. The number of nitrogens with one attached hydrogen (secondary N) is 3. The first-order chi connectivity index (χ1) is 11.1. The zero-order chi connectivity index (χ0) is 18.2. The van der Waals surface area contributed by atoms with Gasteiger partial charge in [-0.15, -0.1) is 24.0 Å². The third-order valence-electron chi connectivity index (χ3n) is 3.17. The molecule has 0 spiro atoms. The fraction of sp³-hybridized carbons (Fsp3) is 0.857. The molecule has 1 saturated heterocycles. The largest absolute Gasteiger partial charge is 0.355 e. The standard InChI is InChI=1S/C14H29N5O3S2.HI/c1-14(2,3)18-12(20)11-17-13(15-4)16-5-10-24(21,22)19-6-8-23-9-7-19;/h5-11H2,1-4H3,(H,18,20)(H2,15,16,17);1H. The third-order valence-corrected chi connectivity index (χ3v) is 5.98. The molecule has 1 aliphatic rings. The van der Waals surface area contributed by atoms with Gasteiger partial charge >= 0.3 is 0 Å². The van der Waals surface area contributed by atoms with Crippen molar-refractivity contribution in [2.75, 3.05) is 50.5 Å². The molecule has 1 fully saturated rings. The molecule has 0 aromatic heterocycles. The lowest BCUT2D eigenvalue weighted by Crippen LogP contribution is -2.49. The van der Waals surface area contributed by atoms with Crippen LogP contribution in [0, 0.1) is 0 Å². The Morgan fingerprint density at radius 2 is 1.80 bits per heavy atom. The number of hydrogen-bond donors (Lipinski definition) is 3. The van der Waals surface area contributed by atoms with Crippen LogP contribution in [0.15, 0.2) is 4.99 Å². The topological polar surface area (TPSA) is 103 Å². The van der Waals surface area contributed by atoms with E-state index in [1.54, 1.807) is 18.8 Å². The molecule has 0 aliphatic carbocycles. The summed E-state index contributed by atoms with van der Waals surface area (Å²) in [6, 6.07) is 0. The zero-order valence-corrected chi connectivity index (χ0v) is 19.3. The molecule has 0 radical (unpaired) electrons. The van der Waals surface area contributed by atoms with Crippen LogP contribution >= 0.6 is 35.7 Å². The molecule has 0 bridgehead atoms. The number of guanidine groups is 1. The molecule has 1 aliphatic heterocycles. The zero-order valence-electron chi connectivity index (χ0n) is 15.3. The van der Waals surface area contributed by atoms with Crippen LogP contribution in [0.4, 0.5) is 0 Å². The van der Waals surface area contributed by atoms with Gasteiger partial charge in [-0.3, -0.25) is 9.79 Å². The minimum atomic E-state index is -3.25. The van der Waals surface area contributed by atoms with E-state index in [0.29, 0.717) is 19.0 Å². The van der Waals surface area contributed by atoms with Gasteiger partial charge in [-0.05, 0) is 20.8 Å². The molecule has 0 atom stereocenters. The Hall–Kier alpha value is -0.270. The summed E-state index contributed by atoms with van der Waals surface area (Å²) in [5, 5.41) is 8.64. The number of thioether (sulfide) groups is 1. The molecule has 0 unspecified atom stereocenters. The smallest absolute Gasteiger partial charge is 0.239 e. The van der Waals surface area contributed by atoms with Gasteiger partial charge in [-0.2, -0.15) is 11.8 Å². The van der Waals surface area contributed by atoms with Crippen molar-refractivity contribution in [1.82, 2.24) is 20.3 Å². The van der Waals surface area contributed by atoms with E-state index in [-0.39, 0.29) is 54.3 Å². The minimum absolute atomic E-state index is 0. The van der Waals surface area contributed by atoms with Gasteiger partial charge in [0.15, 0.2) is 5.96 Å². The van der Waals surface area contributed by atoms with E-state index < -0.39 is 10.0 Å². The van der Waals surface area contributed by atoms with Crippen LogP contribution in [0.5, 0.6) is 0 Å². The molecule has 1 rings (SSSR count). The highest BCUT2D eigenvalue weighted by molar-refractivity contribution is 14.0. The second-order valence-corrected chi connectivity index (χ2v) is 9.79. The van der Waals surface area contributed by atoms with Crippen LogP contribution in [-0.4, -0.2) is 80.6 Å². The van der Waals surface area contributed by atoms with Crippen LogP contribution < -0.4 is 16.0 Å². The number of carbonyl (C=O) groups excluding carboxylic acids is 1. The van der Waals surface area contributed by atoms with E-state index in [9.17, 15) is 13.2 Å². The van der Waals surface area contributed by atoms with E-state index >= 15 is 0 Å². The highest BCUT2D eigenvalue weighted by atomic mass is 127. The molecular weight excluding hydrogens is 477 g/mol. The quantitative estimate of drug-likeness (QED) is 0.267. The fourth-order valence-electron chi connectivity index (χ4n) is 2.10. The van der Waals surface area contributed by atoms with Crippen molar-refractivity contribution in [1.29, 1.82) is 0 Å². The fourth-order valence-corrected chi connectivity index (χ4v) is 4.59. The van der Waals surface area contributed by atoms with E-state index in [0.717, 1.165) is 11.5 Å². The summed E-state index contributed by atoms with van der Waals surface area (Å²) < 4.78 is 26.0. The number of nitrogens with zero attached hydrogens (tertiary/aromatic N) is 2. The maximum Gasteiger partial charge on any atom is 0.239 e. The maximum atomic E-state index is 12.2. The SMILES string of the molecule is CN=C(NCCS(=O)(=O)N1CCSCC1)NCC(=O)NC(C)(C)C.I. The Bertz CT molecular complexity index is 543.